The van der Waals surface area contributed by atoms with Gasteiger partial charge >= 0.3 is 0 Å². The molecule has 0 saturated carbocycles. The number of nitrogens with two attached hydrogens (primary N) is 2. The summed E-state index contributed by atoms with van der Waals surface area (Å²) >= 11 is 0. The zero-order valence-corrected chi connectivity index (χ0v) is 9.52. The van der Waals surface area contributed by atoms with Crippen LogP contribution in [0.5, 0.6) is 0 Å². The molecule has 1 unspecified atom stereocenters. The quantitative estimate of drug-likeness (QED) is 0.832. The van der Waals surface area contributed by atoms with Crippen LogP contribution < -0.4 is 11.5 Å². The van der Waals surface area contributed by atoms with Crippen molar-refractivity contribution in [3.05, 3.63) is 59.0 Å². The molecule has 0 aliphatic carbocycles. The molecule has 88 valence electrons. The van der Waals surface area contributed by atoms with E-state index in [0.29, 0.717) is 22.5 Å². The topological polar surface area (TPSA) is 64.9 Å². The Labute approximate surface area is 99.3 Å². The van der Waals surface area contributed by atoms with Crippen LogP contribution in [0.4, 0.5) is 10.2 Å². The van der Waals surface area contributed by atoms with E-state index in [1.807, 2.05) is 0 Å². The molecule has 0 aliphatic heterocycles. The van der Waals surface area contributed by atoms with Gasteiger partial charge in [0.1, 0.15) is 11.6 Å². The molecule has 2 rings (SSSR count). The average Bonchev–Trinajstić information content (AvgIpc) is 2.32. The van der Waals surface area contributed by atoms with Crippen LogP contribution in [0.15, 0.2) is 36.5 Å². The lowest BCUT2D eigenvalue weighted by Crippen LogP contribution is -2.16. The monoisotopic (exact) mass is 231 g/mol. The standard InChI is InChI=1S/C13H14FN3/c1-8-4-2-5-9(11(8)14)12(15)10-6-3-7-17-13(10)16/h2-7,12H,15H2,1H3,(H2,16,17). The van der Waals surface area contributed by atoms with Gasteiger partial charge < -0.3 is 11.5 Å². The van der Waals surface area contributed by atoms with Crippen molar-refractivity contribution in [3.63, 3.8) is 0 Å². The molecule has 1 aromatic heterocycles. The van der Waals surface area contributed by atoms with Crippen molar-refractivity contribution in [2.24, 2.45) is 5.73 Å². The smallest absolute Gasteiger partial charge is 0.131 e. The summed E-state index contributed by atoms with van der Waals surface area (Å²) in [7, 11) is 0. The molecule has 17 heavy (non-hydrogen) atoms. The second kappa shape index (κ2) is 4.51. The Kier molecular flexibility index (Phi) is 3.06. The van der Waals surface area contributed by atoms with Gasteiger partial charge in [0, 0.05) is 17.3 Å². The summed E-state index contributed by atoms with van der Waals surface area (Å²) in [5.41, 5.74) is 13.4. The first kappa shape index (κ1) is 11.5. The first-order valence-corrected chi connectivity index (χ1v) is 5.32. The van der Waals surface area contributed by atoms with Crippen molar-refractivity contribution in [2.75, 3.05) is 5.73 Å². The lowest BCUT2D eigenvalue weighted by atomic mass is 9.98. The molecule has 4 N–H and O–H groups in total. The van der Waals surface area contributed by atoms with Gasteiger partial charge in [0.15, 0.2) is 0 Å². The molecule has 0 bridgehead atoms. The maximum atomic E-state index is 13.9. The maximum Gasteiger partial charge on any atom is 0.131 e. The predicted octanol–water partition coefficient (Wildman–Crippen LogP) is 2.16. The van der Waals surface area contributed by atoms with E-state index in [1.54, 1.807) is 43.5 Å². The fraction of sp³-hybridized carbons (Fsp3) is 0.154. The first-order valence-electron chi connectivity index (χ1n) is 5.32. The molecule has 0 spiro atoms. The molecule has 1 atom stereocenters. The van der Waals surface area contributed by atoms with Crippen molar-refractivity contribution in [1.82, 2.24) is 4.98 Å². The number of aryl methyl sites for hydroxylation is 1. The van der Waals surface area contributed by atoms with Gasteiger partial charge in [-0.2, -0.15) is 0 Å². The van der Waals surface area contributed by atoms with E-state index in [0.717, 1.165) is 0 Å². The van der Waals surface area contributed by atoms with Gasteiger partial charge in [-0.25, -0.2) is 9.37 Å². The van der Waals surface area contributed by atoms with E-state index in [-0.39, 0.29) is 5.82 Å². The molecule has 0 radical (unpaired) electrons. The molecular formula is C13H14FN3. The third kappa shape index (κ3) is 2.12. The summed E-state index contributed by atoms with van der Waals surface area (Å²) < 4.78 is 13.9. The zero-order chi connectivity index (χ0) is 12.4. The minimum Gasteiger partial charge on any atom is -0.383 e. The van der Waals surface area contributed by atoms with Crippen molar-refractivity contribution >= 4 is 5.82 Å². The minimum atomic E-state index is -0.594. The maximum absolute atomic E-state index is 13.9. The first-order chi connectivity index (χ1) is 8.11. The van der Waals surface area contributed by atoms with Gasteiger partial charge in [0.2, 0.25) is 0 Å². The number of nitrogen functional groups attached to an aromatic ring is 1. The van der Waals surface area contributed by atoms with Crippen molar-refractivity contribution in [3.8, 4) is 0 Å². The van der Waals surface area contributed by atoms with Gasteiger partial charge in [-0.3, -0.25) is 0 Å². The van der Waals surface area contributed by atoms with Crippen LogP contribution in [-0.4, -0.2) is 4.98 Å². The summed E-state index contributed by atoms with van der Waals surface area (Å²) in [5.74, 6) is 0.0455. The third-order valence-electron chi connectivity index (χ3n) is 2.76. The molecular weight excluding hydrogens is 217 g/mol. The Hall–Kier alpha value is -1.94. The predicted molar refractivity (Wildman–Crippen MR) is 65.8 cm³/mol. The minimum absolute atomic E-state index is 0.289. The number of hydrogen-bond donors (Lipinski definition) is 2. The van der Waals surface area contributed by atoms with Crippen molar-refractivity contribution in [1.29, 1.82) is 0 Å². The van der Waals surface area contributed by atoms with E-state index in [1.165, 1.54) is 0 Å². The molecule has 0 saturated heterocycles. The number of benzene rings is 1. The van der Waals surface area contributed by atoms with E-state index in [4.69, 9.17) is 11.5 Å². The molecule has 1 aromatic carbocycles. The molecule has 0 fully saturated rings. The molecule has 0 aliphatic rings. The van der Waals surface area contributed by atoms with Crippen LogP contribution in [0.3, 0.4) is 0 Å². The Balaban J connectivity index is 2.48. The summed E-state index contributed by atoms with van der Waals surface area (Å²) in [6.07, 6.45) is 1.58. The van der Waals surface area contributed by atoms with Gasteiger partial charge in [-0.05, 0) is 18.6 Å². The van der Waals surface area contributed by atoms with Crippen LogP contribution in [0.2, 0.25) is 0 Å². The van der Waals surface area contributed by atoms with Gasteiger partial charge in [-0.15, -0.1) is 0 Å². The van der Waals surface area contributed by atoms with E-state index in [9.17, 15) is 4.39 Å². The van der Waals surface area contributed by atoms with Crippen LogP contribution in [0.25, 0.3) is 0 Å². The largest absolute Gasteiger partial charge is 0.383 e. The van der Waals surface area contributed by atoms with Gasteiger partial charge in [-0.1, -0.05) is 24.3 Å². The molecule has 0 amide bonds. The molecule has 4 heteroatoms. The van der Waals surface area contributed by atoms with Crippen molar-refractivity contribution in [2.45, 2.75) is 13.0 Å². The summed E-state index contributed by atoms with van der Waals surface area (Å²) in [6.45, 7) is 1.71. The Morgan fingerprint density at radius 2 is 1.88 bits per heavy atom. The third-order valence-corrected chi connectivity index (χ3v) is 2.76. The summed E-state index contributed by atoms with van der Waals surface area (Å²) in [5, 5.41) is 0. The van der Waals surface area contributed by atoms with Crippen LogP contribution >= 0.6 is 0 Å². The number of pyridine rings is 1. The highest BCUT2D eigenvalue weighted by Gasteiger charge is 2.16. The molecule has 2 aromatic rings. The normalized spacial score (nSPS) is 12.4. The summed E-state index contributed by atoms with van der Waals surface area (Å²) in [4.78, 5) is 3.95. The van der Waals surface area contributed by atoms with Crippen LogP contribution in [0.1, 0.15) is 22.7 Å². The molecule has 3 nitrogen and oxygen atoms in total. The highest BCUT2D eigenvalue weighted by Crippen LogP contribution is 2.26. The number of nitrogens with zero attached hydrogens (tertiary/aromatic N) is 1. The lowest BCUT2D eigenvalue weighted by molar-refractivity contribution is 0.591. The highest BCUT2D eigenvalue weighted by atomic mass is 19.1. The summed E-state index contributed by atoms with van der Waals surface area (Å²) in [6, 6.07) is 8.05. The average molecular weight is 231 g/mol. The molecule has 1 heterocycles. The SMILES string of the molecule is Cc1cccc(C(N)c2cccnc2N)c1F. The zero-order valence-electron chi connectivity index (χ0n) is 9.52. The Bertz CT molecular complexity index is 540. The van der Waals surface area contributed by atoms with E-state index >= 15 is 0 Å². The van der Waals surface area contributed by atoms with E-state index < -0.39 is 6.04 Å². The van der Waals surface area contributed by atoms with Crippen molar-refractivity contribution < 1.29 is 4.39 Å². The number of halogens is 1. The second-order valence-corrected chi connectivity index (χ2v) is 3.93. The fourth-order valence-corrected chi connectivity index (χ4v) is 1.77. The number of hydrogen-bond acceptors (Lipinski definition) is 3. The number of aromatic nitrogens is 1. The fourth-order valence-electron chi connectivity index (χ4n) is 1.77. The highest BCUT2D eigenvalue weighted by molar-refractivity contribution is 5.46. The van der Waals surface area contributed by atoms with E-state index in [2.05, 4.69) is 4.98 Å². The second-order valence-electron chi connectivity index (χ2n) is 3.93. The van der Waals surface area contributed by atoms with Gasteiger partial charge in [0.25, 0.3) is 0 Å². The Morgan fingerprint density at radius 1 is 1.18 bits per heavy atom. The number of rotatable bonds is 2. The number of anilines is 1. The van der Waals surface area contributed by atoms with Crippen LogP contribution in [-0.2, 0) is 0 Å². The van der Waals surface area contributed by atoms with Crippen LogP contribution in [0, 0.1) is 12.7 Å². The van der Waals surface area contributed by atoms with Gasteiger partial charge in [0.05, 0.1) is 6.04 Å². The Morgan fingerprint density at radius 3 is 2.59 bits per heavy atom. The lowest BCUT2D eigenvalue weighted by Gasteiger charge is -2.15.